The molecule has 0 fully saturated rings. The summed E-state index contributed by atoms with van der Waals surface area (Å²) in [6.45, 7) is 4.90. The number of carbonyl (C=O) groups excluding carboxylic acids is 1. The van der Waals surface area contributed by atoms with Crippen LogP contribution in [0.25, 0.3) is 21.8 Å². The van der Waals surface area contributed by atoms with Gasteiger partial charge in [0, 0.05) is 35.4 Å². The van der Waals surface area contributed by atoms with E-state index >= 15 is 0 Å². The van der Waals surface area contributed by atoms with Crippen molar-refractivity contribution in [3.8, 4) is 0 Å². The van der Waals surface area contributed by atoms with Gasteiger partial charge in [-0.3, -0.25) is 9.48 Å². The second-order valence-electron chi connectivity index (χ2n) is 6.61. The summed E-state index contributed by atoms with van der Waals surface area (Å²) in [7, 11) is 1.73. The maximum Gasteiger partial charge on any atom is 0.290 e. The highest BCUT2D eigenvalue weighted by Gasteiger charge is 2.17. The molecule has 0 aliphatic carbocycles. The minimum Gasteiger partial charge on any atom is -0.341 e. The molecule has 28 heavy (non-hydrogen) atoms. The SMILES string of the molecule is CCn1c2ccccc2c2cc(C=NNC(=O)c3c(Br)c(C)nn3C)ccc21. The van der Waals surface area contributed by atoms with Crippen LogP contribution in [-0.4, -0.2) is 26.5 Å². The molecule has 2 heterocycles. The molecule has 0 radical (unpaired) electrons. The van der Waals surface area contributed by atoms with Crippen molar-refractivity contribution in [1.29, 1.82) is 0 Å². The monoisotopic (exact) mass is 437 g/mol. The first-order valence-electron chi connectivity index (χ1n) is 9.04. The van der Waals surface area contributed by atoms with Crippen LogP contribution in [0, 0.1) is 6.92 Å². The molecular formula is C21H20BrN5O. The average molecular weight is 438 g/mol. The lowest BCUT2D eigenvalue weighted by Gasteiger charge is -2.03. The molecule has 7 heteroatoms. The molecule has 2 aromatic carbocycles. The lowest BCUT2D eigenvalue weighted by atomic mass is 10.1. The molecule has 0 aliphatic heterocycles. The number of fused-ring (bicyclic) bond motifs is 3. The zero-order chi connectivity index (χ0) is 19.8. The third kappa shape index (κ3) is 3.01. The second-order valence-corrected chi connectivity index (χ2v) is 7.40. The number of hydrogen-bond acceptors (Lipinski definition) is 3. The fraction of sp³-hybridized carbons (Fsp3) is 0.190. The molecule has 6 nitrogen and oxygen atoms in total. The van der Waals surface area contributed by atoms with Gasteiger partial charge in [0.2, 0.25) is 0 Å². The van der Waals surface area contributed by atoms with Crippen LogP contribution in [0.5, 0.6) is 0 Å². The largest absolute Gasteiger partial charge is 0.341 e. The lowest BCUT2D eigenvalue weighted by molar-refractivity contribution is 0.0945. The quantitative estimate of drug-likeness (QED) is 0.380. The van der Waals surface area contributed by atoms with Crippen LogP contribution in [0.4, 0.5) is 0 Å². The Balaban J connectivity index is 1.63. The first kappa shape index (κ1) is 18.4. The van der Waals surface area contributed by atoms with Crippen LogP contribution in [0.2, 0.25) is 0 Å². The molecule has 0 spiro atoms. The van der Waals surface area contributed by atoms with Crippen molar-refractivity contribution in [2.75, 3.05) is 0 Å². The minimum absolute atomic E-state index is 0.310. The summed E-state index contributed by atoms with van der Waals surface area (Å²) >= 11 is 3.40. The zero-order valence-electron chi connectivity index (χ0n) is 15.9. The van der Waals surface area contributed by atoms with E-state index in [4.69, 9.17) is 0 Å². The van der Waals surface area contributed by atoms with Crippen molar-refractivity contribution in [3.05, 3.63) is 63.9 Å². The number of benzene rings is 2. The van der Waals surface area contributed by atoms with Crippen LogP contribution in [0.1, 0.15) is 28.7 Å². The van der Waals surface area contributed by atoms with Gasteiger partial charge in [0.15, 0.2) is 0 Å². The van der Waals surface area contributed by atoms with Crippen LogP contribution in [0.15, 0.2) is 52.0 Å². The van der Waals surface area contributed by atoms with Gasteiger partial charge < -0.3 is 4.57 Å². The van der Waals surface area contributed by atoms with E-state index in [1.807, 2.05) is 13.0 Å². The molecule has 4 rings (SSSR count). The van der Waals surface area contributed by atoms with Crippen LogP contribution >= 0.6 is 15.9 Å². The molecule has 0 atom stereocenters. The third-order valence-electron chi connectivity index (χ3n) is 4.86. The van der Waals surface area contributed by atoms with E-state index in [1.165, 1.54) is 26.5 Å². The van der Waals surface area contributed by atoms with Gasteiger partial charge in [0.25, 0.3) is 5.91 Å². The number of hydrazone groups is 1. The molecule has 0 bridgehead atoms. The van der Waals surface area contributed by atoms with Gasteiger partial charge in [-0.15, -0.1) is 0 Å². The Morgan fingerprint density at radius 2 is 1.96 bits per heavy atom. The summed E-state index contributed by atoms with van der Waals surface area (Å²) in [5, 5.41) is 10.8. The molecular weight excluding hydrogens is 418 g/mol. The number of rotatable bonds is 4. The van der Waals surface area contributed by atoms with E-state index in [2.05, 4.69) is 79.4 Å². The van der Waals surface area contributed by atoms with Gasteiger partial charge in [-0.1, -0.05) is 24.3 Å². The highest BCUT2D eigenvalue weighted by Crippen LogP contribution is 2.29. The molecule has 142 valence electrons. The topological polar surface area (TPSA) is 64.2 Å². The Morgan fingerprint density at radius 3 is 2.68 bits per heavy atom. The van der Waals surface area contributed by atoms with E-state index in [0.717, 1.165) is 17.8 Å². The van der Waals surface area contributed by atoms with Gasteiger partial charge in [-0.25, -0.2) is 5.43 Å². The Hall–Kier alpha value is -2.93. The average Bonchev–Trinajstić information content (AvgIpc) is 3.14. The van der Waals surface area contributed by atoms with Crippen LogP contribution in [-0.2, 0) is 13.6 Å². The fourth-order valence-corrected chi connectivity index (χ4v) is 4.11. The van der Waals surface area contributed by atoms with E-state index in [9.17, 15) is 4.79 Å². The minimum atomic E-state index is -0.310. The lowest BCUT2D eigenvalue weighted by Crippen LogP contribution is -2.21. The van der Waals surface area contributed by atoms with E-state index in [-0.39, 0.29) is 5.91 Å². The van der Waals surface area contributed by atoms with Gasteiger partial charge in [-0.05, 0) is 53.5 Å². The number of nitrogens with zero attached hydrogens (tertiary/aromatic N) is 4. The maximum atomic E-state index is 12.4. The number of nitrogens with one attached hydrogen (secondary N) is 1. The van der Waals surface area contributed by atoms with Crippen molar-refractivity contribution < 1.29 is 4.79 Å². The maximum absolute atomic E-state index is 12.4. The van der Waals surface area contributed by atoms with Crippen molar-refractivity contribution >= 4 is 49.9 Å². The highest BCUT2D eigenvalue weighted by molar-refractivity contribution is 9.10. The Labute approximate surface area is 171 Å². The standard InChI is InChI=1S/C21H20BrN5O/c1-4-27-17-8-6-5-7-15(17)16-11-14(9-10-18(16)27)12-23-24-21(28)20-19(22)13(2)25-26(20)3/h5-12H,4H2,1-3H3,(H,24,28). The highest BCUT2D eigenvalue weighted by atomic mass is 79.9. The van der Waals surface area contributed by atoms with Gasteiger partial charge in [0.1, 0.15) is 5.69 Å². The first-order valence-corrected chi connectivity index (χ1v) is 9.84. The number of carbonyl (C=O) groups is 1. The summed E-state index contributed by atoms with van der Waals surface area (Å²) in [5.41, 5.74) is 7.12. The molecule has 2 aromatic heterocycles. The van der Waals surface area contributed by atoms with Crippen molar-refractivity contribution in [3.63, 3.8) is 0 Å². The summed E-state index contributed by atoms with van der Waals surface area (Å²) in [4.78, 5) is 12.4. The van der Waals surface area contributed by atoms with Gasteiger partial charge in [0.05, 0.1) is 16.4 Å². The number of aryl methyl sites for hydroxylation is 3. The van der Waals surface area contributed by atoms with E-state index in [1.54, 1.807) is 13.3 Å². The molecule has 1 N–H and O–H groups in total. The van der Waals surface area contributed by atoms with Crippen LogP contribution in [0.3, 0.4) is 0 Å². The molecule has 4 aromatic rings. The van der Waals surface area contributed by atoms with Crippen molar-refractivity contribution in [2.45, 2.75) is 20.4 Å². The van der Waals surface area contributed by atoms with Crippen molar-refractivity contribution in [2.24, 2.45) is 12.1 Å². The van der Waals surface area contributed by atoms with Crippen molar-refractivity contribution in [1.82, 2.24) is 19.8 Å². The normalized spacial score (nSPS) is 11.7. The van der Waals surface area contributed by atoms with E-state index in [0.29, 0.717) is 10.2 Å². The smallest absolute Gasteiger partial charge is 0.290 e. The second kappa shape index (κ2) is 7.24. The van der Waals surface area contributed by atoms with Gasteiger partial charge >= 0.3 is 0 Å². The number of amides is 1. The number of para-hydroxylation sites is 1. The predicted octanol–water partition coefficient (Wildman–Crippen LogP) is 4.38. The summed E-state index contributed by atoms with van der Waals surface area (Å²) in [6, 6.07) is 14.6. The fourth-order valence-electron chi connectivity index (χ4n) is 3.59. The predicted molar refractivity (Wildman–Crippen MR) is 116 cm³/mol. The van der Waals surface area contributed by atoms with E-state index < -0.39 is 0 Å². The van der Waals surface area contributed by atoms with Gasteiger partial charge in [-0.2, -0.15) is 10.2 Å². The summed E-state index contributed by atoms with van der Waals surface area (Å²) < 4.78 is 4.52. The molecule has 0 unspecified atom stereocenters. The summed E-state index contributed by atoms with van der Waals surface area (Å²) in [6.07, 6.45) is 1.66. The number of halogens is 1. The van der Waals surface area contributed by atoms with Crippen LogP contribution < -0.4 is 5.43 Å². The summed E-state index contributed by atoms with van der Waals surface area (Å²) in [5.74, 6) is -0.310. The Bertz CT molecular complexity index is 1230. The molecule has 0 aliphatic rings. The first-order chi connectivity index (χ1) is 13.5. The molecule has 1 amide bonds. The zero-order valence-corrected chi connectivity index (χ0v) is 17.5. The third-order valence-corrected chi connectivity index (χ3v) is 5.81. The molecule has 0 saturated carbocycles. The Kier molecular flexibility index (Phi) is 4.77. The Morgan fingerprint density at radius 1 is 1.21 bits per heavy atom. The number of hydrogen-bond donors (Lipinski definition) is 1. The number of aromatic nitrogens is 3. The molecule has 0 saturated heterocycles.